The van der Waals surface area contributed by atoms with Gasteiger partial charge in [0.25, 0.3) is 0 Å². The fraction of sp³-hybridized carbons (Fsp3) is 1.00. The molecule has 5 unspecified atom stereocenters. The van der Waals surface area contributed by atoms with E-state index in [9.17, 15) is 8.78 Å². The second-order valence-corrected chi connectivity index (χ2v) is 3.15. The van der Waals surface area contributed by atoms with E-state index in [1.54, 1.807) is 0 Å². The molecule has 3 nitrogen and oxygen atoms in total. The number of ether oxygens (including phenoxy) is 2. The van der Waals surface area contributed by atoms with E-state index in [1.165, 1.54) is 14.0 Å². The molecule has 0 bridgehead atoms. The van der Waals surface area contributed by atoms with Crippen LogP contribution in [0.2, 0.25) is 0 Å². The van der Waals surface area contributed by atoms with Crippen molar-refractivity contribution in [2.75, 3.05) is 13.7 Å². The molecule has 1 fully saturated rings. The highest BCUT2D eigenvalue weighted by Crippen LogP contribution is 2.27. The fourth-order valence-corrected chi connectivity index (χ4v) is 1.50. The van der Waals surface area contributed by atoms with Crippen molar-refractivity contribution in [2.45, 2.75) is 37.6 Å². The van der Waals surface area contributed by atoms with Crippen LogP contribution in [0.25, 0.3) is 0 Å². The molecule has 78 valence electrons. The van der Waals surface area contributed by atoms with Crippen LogP contribution in [0.3, 0.4) is 0 Å². The molecule has 0 aromatic carbocycles. The van der Waals surface area contributed by atoms with Crippen molar-refractivity contribution < 1.29 is 23.4 Å². The number of hydrogen-bond acceptors (Lipinski definition) is 3. The largest absolute Gasteiger partial charge is 0.394 e. The summed E-state index contributed by atoms with van der Waals surface area (Å²) in [5.41, 5.74) is 0. The van der Waals surface area contributed by atoms with Crippen LogP contribution in [0.5, 0.6) is 0 Å². The molecule has 0 radical (unpaired) electrons. The first kappa shape index (κ1) is 10.8. The third-order valence-electron chi connectivity index (χ3n) is 2.27. The number of rotatable bonds is 2. The standard InChI is InChI=1S/C8H14F2O3/c1-4-6(9)7(10)8(12-2)5(3-11)13-4/h4-8,11H,3H2,1-2H3. The van der Waals surface area contributed by atoms with Gasteiger partial charge in [0.1, 0.15) is 12.2 Å². The van der Waals surface area contributed by atoms with E-state index in [0.29, 0.717) is 0 Å². The summed E-state index contributed by atoms with van der Waals surface area (Å²) in [6.07, 6.45) is -6.05. The Balaban J connectivity index is 2.69. The average Bonchev–Trinajstić information content (AvgIpc) is 2.13. The molecule has 1 rings (SSSR count). The molecular formula is C8H14F2O3. The van der Waals surface area contributed by atoms with Crippen LogP contribution < -0.4 is 0 Å². The van der Waals surface area contributed by atoms with Crippen LogP contribution in [-0.2, 0) is 9.47 Å². The fourth-order valence-electron chi connectivity index (χ4n) is 1.50. The zero-order chi connectivity index (χ0) is 10.0. The maximum atomic E-state index is 13.2. The van der Waals surface area contributed by atoms with Crippen molar-refractivity contribution >= 4 is 0 Å². The first-order valence-corrected chi connectivity index (χ1v) is 4.19. The summed E-state index contributed by atoms with van der Waals surface area (Å²) >= 11 is 0. The lowest BCUT2D eigenvalue weighted by molar-refractivity contribution is -0.197. The molecule has 1 heterocycles. The highest BCUT2D eigenvalue weighted by Gasteiger charge is 2.45. The normalized spacial score (nSPS) is 46.4. The molecule has 1 saturated heterocycles. The van der Waals surface area contributed by atoms with Gasteiger partial charge in [0.15, 0.2) is 12.3 Å². The van der Waals surface area contributed by atoms with Crippen molar-refractivity contribution in [2.24, 2.45) is 0 Å². The molecule has 0 spiro atoms. The molecule has 1 aliphatic heterocycles. The SMILES string of the molecule is COC1C(CO)OC(C)C(F)C1F. The topological polar surface area (TPSA) is 38.7 Å². The van der Waals surface area contributed by atoms with Crippen LogP contribution in [0.1, 0.15) is 6.92 Å². The maximum Gasteiger partial charge on any atom is 0.162 e. The summed E-state index contributed by atoms with van der Waals surface area (Å²) in [5, 5.41) is 8.82. The molecule has 13 heavy (non-hydrogen) atoms. The predicted molar refractivity (Wildman–Crippen MR) is 42.0 cm³/mol. The minimum atomic E-state index is -1.73. The molecule has 1 N–H and O–H groups in total. The summed E-state index contributed by atoms with van der Waals surface area (Å²) in [4.78, 5) is 0. The summed E-state index contributed by atoms with van der Waals surface area (Å²) in [6.45, 7) is 1.07. The van der Waals surface area contributed by atoms with E-state index in [-0.39, 0.29) is 6.61 Å². The van der Waals surface area contributed by atoms with E-state index >= 15 is 0 Å². The van der Waals surface area contributed by atoms with Gasteiger partial charge in [-0.05, 0) is 6.92 Å². The second-order valence-electron chi connectivity index (χ2n) is 3.15. The Morgan fingerprint density at radius 3 is 2.46 bits per heavy atom. The van der Waals surface area contributed by atoms with Crippen LogP contribution >= 0.6 is 0 Å². The zero-order valence-electron chi connectivity index (χ0n) is 7.61. The van der Waals surface area contributed by atoms with Crippen LogP contribution in [0.4, 0.5) is 8.78 Å². The molecule has 1 aliphatic rings. The Morgan fingerprint density at radius 2 is 2.00 bits per heavy atom. The summed E-state index contributed by atoms with van der Waals surface area (Å²) in [5.74, 6) is 0. The first-order valence-electron chi connectivity index (χ1n) is 4.19. The Kier molecular flexibility index (Phi) is 3.58. The molecule has 5 heteroatoms. The van der Waals surface area contributed by atoms with Gasteiger partial charge in [-0.25, -0.2) is 8.78 Å². The lowest BCUT2D eigenvalue weighted by Gasteiger charge is -2.37. The average molecular weight is 196 g/mol. The first-order chi connectivity index (χ1) is 6.11. The summed E-state index contributed by atoms with van der Waals surface area (Å²) in [7, 11) is 1.27. The molecule has 0 aliphatic carbocycles. The van der Waals surface area contributed by atoms with Gasteiger partial charge < -0.3 is 14.6 Å². The molecule has 0 aromatic rings. The summed E-state index contributed by atoms with van der Waals surface area (Å²) in [6, 6.07) is 0. The summed E-state index contributed by atoms with van der Waals surface area (Å²) < 4.78 is 36.1. The van der Waals surface area contributed by atoms with Crippen molar-refractivity contribution in [3.8, 4) is 0 Å². The number of halogens is 2. The quantitative estimate of drug-likeness (QED) is 0.697. The van der Waals surface area contributed by atoms with E-state index in [2.05, 4.69) is 0 Å². The van der Waals surface area contributed by atoms with E-state index in [4.69, 9.17) is 14.6 Å². The van der Waals surface area contributed by atoms with E-state index in [1.807, 2.05) is 0 Å². The van der Waals surface area contributed by atoms with Crippen molar-refractivity contribution in [3.63, 3.8) is 0 Å². The maximum absolute atomic E-state index is 13.2. The van der Waals surface area contributed by atoms with Crippen LogP contribution in [0, 0.1) is 0 Å². The molecule has 0 aromatic heterocycles. The Labute approximate surface area is 75.6 Å². The predicted octanol–water partition coefficient (Wildman–Crippen LogP) is 0.457. The Morgan fingerprint density at radius 1 is 1.38 bits per heavy atom. The minimum Gasteiger partial charge on any atom is -0.394 e. The number of aliphatic hydroxyl groups is 1. The Bertz CT molecular complexity index is 165. The molecule has 0 amide bonds. The van der Waals surface area contributed by atoms with Gasteiger partial charge in [0, 0.05) is 7.11 Å². The molecule has 5 atom stereocenters. The van der Waals surface area contributed by atoms with Gasteiger partial charge >= 0.3 is 0 Å². The van der Waals surface area contributed by atoms with Crippen LogP contribution in [0.15, 0.2) is 0 Å². The minimum absolute atomic E-state index is 0.365. The van der Waals surface area contributed by atoms with Crippen molar-refractivity contribution in [3.05, 3.63) is 0 Å². The lowest BCUT2D eigenvalue weighted by Crippen LogP contribution is -2.55. The highest BCUT2D eigenvalue weighted by atomic mass is 19.2. The van der Waals surface area contributed by atoms with Crippen molar-refractivity contribution in [1.29, 1.82) is 0 Å². The van der Waals surface area contributed by atoms with Gasteiger partial charge in [-0.15, -0.1) is 0 Å². The molecular weight excluding hydrogens is 182 g/mol. The number of methoxy groups -OCH3 is 1. The van der Waals surface area contributed by atoms with Crippen LogP contribution in [-0.4, -0.2) is 49.5 Å². The van der Waals surface area contributed by atoms with E-state index in [0.717, 1.165) is 0 Å². The number of hydrogen-bond donors (Lipinski definition) is 1. The monoisotopic (exact) mass is 196 g/mol. The lowest BCUT2D eigenvalue weighted by atomic mass is 9.98. The van der Waals surface area contributed by atoms with Gasteiger partial charge in [0.05, 0.1) is 12.7 Å². The Hall–Kier alpha value is -0.260. The smallest absolute Gasteiger partial charge is 0.162 e. The van der Waals surface area contributed by atoms with E-state index < -0.39 is 30.7 Å². The second kappa shape index (κ2) is 4.30. The van der Waals surface area contributed by atoms with Crippen molar-refractivity contribution in [1.82, 2.24) is 0 Å². The highest BCUT2D eigenvalue weighted by molar-refractivity contribution is 4.91. The van der Waals surface area contributed by atoms with Gasteiger partial charge in [-0.3, -0.25) is 0 Å². The number of aliphatic hydroxyl groups excluding tert-OH is 1. The zero-order valence-corrected chi connectivity index (χ0v) is 7.61. The van der Waals surface area contributed by atoms with Gasteiger partial charge in [-0.1, -0.05) is 0 Å². The van der Waals surface area contributed by atoms with Gasteiger partial charge in [-0.2, -0.15) is 0 Å². The van der Waals surface area contributed by atoms with Gasteiger partial charge in [0.2, 0.25) is 0 Å². The number of alkyl halides is 2. The third-order valence-corrected chi connectivity index (χ3v) is 2.27. The molecule has 0 saturated carbocycles. The third kappa shape index (κ3) is 1.98.